The summed E-state index contributed by atoms with van der Waals surface area (Å²) in [4.78, 5) is 36.3. The Morgan fingerprint density at radius 2 is 1.76 bits per heavy atom. The van der Waals surface area contributed by atoms with E-state index in [0.29, 0.717) is 18.5 Å². The first-order valence-corrected chi connectivity index (χ1v) is 11.0. The Morgan fingerprint density at radius 3 is 2.48 bits per heavy atom. The van der Waals surface area contributed by atoms with E-state index in [1.807, 2.05) is 77.9 Å². The molecule has 168 valence electrons. The number of hydrogen-bond donors (Lipinski definition) is 1. The van der Waals surface area contributed by atoms with Crippen molar-refractivity contribution in [2.24, 2.45) is 0 Å². The molecule has 0 unspecified atom stereocenters. The zero-order chi connectivity index (χ0) is 23.2. The number of nitrogens with one attached hydrogen (secondary N) is 1. The van der Waals surface area contributed by atoms with Crippen LogP contribution in [-0.4, -0.2) is 38.9 Å². The van der Waals surface area contributed by atoms with Crippen LogP contribution in [-0.2, 0) is 17.8 Å². The van der Waals surface area contributed by atoms with Crippen molar-refractivity contribution in [1.82, 2.24) is 19.9 Å². The quantitative estimate of drug-likeness (QED) is 0.450. The molecule has 0 bridgehead atoms. The van der Waals surface area contributed by atoms with Crippen LogP contribution in [0.25, 0.3) is 11.0 Å². The predicted molar refractivity (Wildman–Crippen MR) is 129 cm³/mol. The van der Waals surface area contributed by atoms with Gasteiger partial charge in [0.1, 0.15) is 12.4 Å². The van der Waals surface area contributed by atoms with Gasteiger partial charge in [0.05, 0.1) is 16.6 Å². The second kappa shape index (κ2) is 10.1. The zero-order valence-corrected chi connectivity index (χ0v) is 18.8. The first-order valence-electron chi connectivity index (χ1n) is 11.0. The third-order valence-electron chi connectivity index (χ3n) is 5.40. The molecule has 2 aromatic heterocycles. The molecule has 0 aliphatic heterocycles. The fourth-order valence-electron chi connectivity index (χ4n) is 3.91. The lowest BCUT2D eigenvalue weighted by Gasteiger charge is -2.27. The van der Waals surface area contributed by atoms with Crippen molar-refractivity contribution in [3.63, 3.8) is 0 Å². The number of anilines is 1. The third-order valence-corrected chi connectivity index (χ3v) is 5.40. The first-order chi connectivity index (χ1) is 16.0. The molecule has 0 fully saturated rings. The van der Waals surface area contributed by atoms with Gasteiger partial charge in [-0.15, -0.1) is 0 Å². The highest BCUT2D eigenvalue weighted by Gasteiger charge is 2.22. The van der Waals surface area contributed by atoms with Crippen LogP contribution in [0.3, 0.4) is 0 Å². The van der Waals surface area contributed by atoms with Gasteiger partial charge in [0.25, 0.3) is 5.91 Å². The minimum absolute atomic E-state index is 0.0110. The van der Waals surface area contributed by atoms with Gasteiger partial charge in [-0.3, -0.25) is 14.6 Å². The number of carbonyl (C=O) groups excluding carboxylic acids is 2. The monoisotopic (exact) mass is 441 g/mol. The lowest BCUT2D eigenvalue weighted by Crippen LogP contribution is -2.39. The molecular formula is C26H27N5O2. The Hall–Kier alpha value is -4.00. The fourth-order valence-corrected chi connectivity index (χ4v) is 3.91. The number of hydrogen-bond acceptors (Lipinski definition) is 4. The van der Waals surface area contributed by atoms with Gasteiger partial charge in [-0.2, -0.15) is 0 Å². The van der Waals surface area contributed by atoms with E-state index in [9.17, 15) is 9.59 Å². The molecule has 7 heteroatoms. The molecular weight excluding hydrogens is 414 g/mol. The van der Waals surface area contributed by atoms with Gasteiger partial charge in [-0.05, 0) is 50.2 Å². The van der Waals surface area contributed by atoms with Crippen LogP contribution in [0, 0.1) is 0 Å². The van der Waals surface area contributed by atoms with Crippen molar-refractivity contribution in [3.8, 4) is 0 Å². The normalized spacial score (nSPS) is 11.0. The summed E-state index contributed by atoms with van der Waals surface area (Å²) >= 11 is 0. The lowest BCUT2D eigenvalue weighted by atomic mass is 10.2. The summed E-state index contributed by atoms with van der Waals surface area (Å²) in [6.45, 7) is 4.58. The molecule has 0 saturated heterocycles. The van der Waals surface area contributed by atoms with E-state index in [-0.39, 0.29) is 24.4 Å². The molecule has 4 aromatic rings. The van der Waals surface area contributed by atoms with Crippen molar-refractivity contribution in [2.45, 2.75) is 32.9 Å². The van der Waals surface area contributed by atoms with Gasteiger partial charge in [-0.1, -0.05) is 30.3 Å². The molecule has 0 aliphatic rings. The fraction of sp³-hybridized carbons (Fsp3) is 0.231. The van der Waals surface area contributed by atoms with E-state index >= 15 is 0 Å². The average molecular weight is 442 g/mol. The maximum atomic E-state index is 13.4. The molecule has 0 atom stereocenters. The van der Waals surface area contributed by atoms with Gasteiger partial charge >= 0.3 is 0 Å². The topological polar surface area (TPSA) is 80.1 Å². The molecule has 0 saturated carbocycles. The second-order valence-corrected chi connectivity index (χ2v) is 8.04. The molecule has 4 rings (SSSR count). The molecule has 2 heterocycles. The van der Waals surface area contributed by atoms with Crippen molar-refractivity contribution in [2.75, 3.05) is 11.4 Å². The molecule has 0 aliphatic carbocycles. The minimum Gasteiger partial charge on any atom is -0.352 e. The largest absolute Gasteiger partial charge is 0.352 e. The average Bonchev–Trinajstić information content (AvgIpc) is 3.17. The van der Waals surface area contributed by atoms with Crippen molar-refractivity contribution >= 4 is 28.5 Å². The highest BCUT2D eigenvalue weighted by molar-refractivity contribution is 5.95. The number of aromatic nitrogens is 3. The molecule has 7 nitrogen and oxygen atoms in total. The number of rotatable bonds is 8. The number of para-hydroxylation sites is 3. The van der Waals surface area contributed by atoms with Crippen LogP contribution in [0.2, 0.25) is 0 Å². The Labute approximate surface area is 193 Å². The number of pyridine rings is 1. The van der Waals surface area contributed by atoms with Gasteiger partial charge < -0.3 is 14.8 Å². The minimum atomic E-state index is -0.183. The Balaban J connectivity index is 1.55. The van der Waals surface area contributed by atoms with E-state index in [1.54, 1.807) is 18.3 Å². The Bertz CT molecular complexity index is 1240. The maximum absolute atomic E-state index is 13.4. The van der Waals surface area contributed by atoms with Crippen LogP contribution in [0.1, 0.15) is 30.0 Å². The van der Waals surface area contributed by atoms with E-state index in [4.69, 9.17) is 4.98 Å². The summed E-state index contributed by atoms with van der Waals surface area (Å²) in [6.07, 6.45) is 3.67. The van der Waals surface area contributed by atoms with Crippen LogP contribution < -0.4 is 10.2 Å². The molecule has 33 heavy (non-hydrogen) atoms. The van der Waals surface area contributed by atoms with E-state index < -0.39 is 0 Å². The van der Waals surface area contributed by atoms with E-state index in [0.717, 1.165) is 22.5 Å². The molecule has 0 spiro atoms. The van der Waals surface area contributed by atoms with Crippen LogP contribution >= 0.6 is 0 Å². The van der Waals surface area contributed by atoms with Crippen molar-refractivity contribution in [1.29, 1.82) is 0 Å². The highest BCUT2D eigenvalue weighted by atomic mass is 16.2. The summed E-state index contributed by atoms with van der Waals surface area (Å²) in [6, 6.07) is 20.9. The van der Waals surface area contributed by atoms with Crippen molar-refractivity contribution in [3.05, 3.63) is 90.5 Å². The lowest BCUT2D eigenvalue weighted by molar-refractivity contribution is -0.119. The van der Waals surface area contributed by atoms with Crippen LogP contribution in [0.4, 0.5) is 5.69 Å². The summed E-state index contributed by atoms with van der Waals surface area (Å²) in [5.74, 6) is 0.560. The second-order valence-electron chi connectivity index (χ2n) is 8.04. The van der Waals surface area contributed by atoms with Crippen LogP contribution in [0.15, 0.2) is 79.1 Å². The van der Waals surface area contributed by atoms with E-state index in [1.165, 1.54) is 6.20 Å². The maximum Gasteiger partial charge on any atom is 0.252 e. The summed E-state index contributed by atoms with van der Waals surface area (Å²) in [7, 11) is 0. The SMILES string of the molecule is CC(C)N(C(=O)Cn1c(CCNC(=O)c2cccnc2)nc2ccccc21)c1ccccc1. The van der Waals surface area contributed by atoms with E-state index in [2.05, 4.69) is 10.3 Å². The number of benzene rings is 2. The molecule has 0 radical (unpaired) electrons. The predicted octanol–water partition coefficient (Wildman–Crippen LogP) is 3.85. The van der Waals surface area contributed by atoms with Gasteiger partial charge in [-0.25, -0.2) is 4.98 Å². The smallest absolute Gasteiger partial charge is 0.252 e. The van der Waals surface area contributed by atoms with Gasteiger partial charge in [0, 0.05) is 37.1 Å². The third kappa shape index (κ3) is 5.09. The van der Waals surface area contributed by atoms with Crippen molar-refractivity contribution < 1.29 is 9.59 Å². The zero-order valence-electron chi connectivity index (χ0n) is 18.8. The Morgan fingerprint density at radius 1 is 1.00 bits per heavy atom. The number of imidazole rings is 1. The van der Waals surface area contributed by atoms with Gasteiger partial charge in [0.15, 0.2) is 0 Å². The molecule has 2 amide bonds. The number of carbonyl (C=O) groups is 2. The highest BCUT2D eigenvalue weighted by Crippen LogP contribution is 2.20. The van der Waals surface area contributed by atoms with Gasteiger partial charge in [0.2, 0.25) is 5.91 Å². The number of fused-ring (bicyclic) bond motifs is 1. The summed E-state index contributed by atoms with van der Waals surface area (Å²) in [5.41, 5.74) is 3.11. The summed E-state index contributed by atoms with van der Waals surface area (Å²) < 4.78 is 1.95. The number of nitrogens with zero attached hydrogens (tertiary/aromatic N) is 4. The number of amides is 2. The molecule has 1 N–H and O–H groups in total. The Kier molecular flexibility index (Phi) is 6.78. The first kappa shape index (κ1) is 22.2. The molecule has 2 aromatic carbocycles. The van der Waals surface area contributed by atoms with Crippen LogP contribution in [0.5, 0.6) is 0 Å². The summed E-state index contributed by atoms with van der Waals surface area (Å²) in [5, 5.41) is 2.91. The standard InChI is InChI=1S/C26H27N5O2/c1-19(2)31(21-10-4-3-5-11-21)25(32)18-30-23-13-7-6-12-22(23)29-24(30)14-16-28-26(33)20-9-8-15-27-17-20/h3-13,15,17,19H,14,16,18H2,1-2H3,(H,28,33).